The van der Waals surface area contributed by atoms with E-state index in [9.17, 15) is 19.8 Å². The highest BCUT2D eigenvalue weighted by molar-refractivity contribution is 6.06. The third-order valence-corrected chi connectivity index (χ3v) is 8.14. The predicted molar refractivity (Wildman–Crippen MR) is 88.2 cm³/mol. The van der Waals surface area contributed by atoms with Crippen molar-refractivity contribution in [3.8, 4) is 0 Å². The van der Waals surface area contributed by atoms with E-state index in [1.165, 1.54) is 0 Å². The molecule has 25 heavy (non-hydrogen) atoms. The molecule has 2 aliphatic heterocycles. The van der Waals surface area contributed by atoms with Gasteiger partial charge in [0.2, 0.25) is 5.79 Å². The van der Waals surface area contributed by atoms with E-state index < -0.39 is 34.1 Å². The number of aliphatic hydroxyl groups is 2. The number of ketones is 2. The number of hydrogen-bond donors (Lipinski definition) is 2. The summed E-state index contributed by atoms with van der Waals surface area (Å²) in [5.74, 6) is -3.00. The molecule has 2 N–H and O–H groups in total. The van der Waals surface area contributed by atoms with Gasteiger partial charge in [0.25, 0.3) is 0 Å². The first-order valence-electron chi connectivity index (χ1n) is 9.14. The molecule has 0 amide bonds. The minimum absolute atomic E-state index is 0.0139. The number of hydrogen-bond acceptors (Lipinski definition) is 5. The number of aliphatic hydroxyl groups excluding tert-OH is 1. The van der Waals surface area contributed by atoms with Crippen molar-refractivity contribution in [2.45, 2.75) is 45.0 Å². The summed E-state index contributed by atoms with van der Waals surface area (Å²) < 4.78 is 5.80. The zero-order valence-electron chi connectivity index (χ0n) is 14.6. The topological polar surface area (TPSA) is 83.8 Å². The Morgan fingerprint density at radius 3 is 2.72 bits per heavy atom. The summed E-state index contributed by atoms with van der Waals surface area (Å²) in [7, 11) is 0. The molecule has 5 fully saturated rings. The molecule has 2 saturated heterocycles. The van der Waals surface area contributed by atoms with Crippen LogP contribution in [0.15, 0.2) is 24.3 Å². The highest BCUT2D eigenvalue weighted by Gasteiger charge is 2.84. The maximum absolute atomic E-state index is 13.2. The molecule has 0 aromatic heterocycles. The van der Waals surface area contributed by atoms with Gasteiger partial charge in [0.15, 0.2) is 11.6 Å². The van der Waals surface area contributed by atoms with Gasteiger partial charge < -0.3 is 14.9 Å². The van der Waals surface area contributed by atoms with Gasteiger partial charge in [0, 0.05) is 5.92 Å². The van der Waals surface area contributed by atoms with E-state index in [1.54, 1.807) is 6.08 Å². The number of ether oxygens (including phenoxy) is 1. The van der Waals surface area contributed by atoms with Crippen molar-refractivity contribution in [1.29, 1.82) is 0 Å². The summed E-state index contributed by atoms with van der Waals surface area (Å²) in [6.45, 7) is 7.97. The zero-order valence-corrected chi connectivity index (χ0v) is 14.6. The Labute approximate surface area is 146 Å². The number of fused-ring (bicyclic) bond motifs is 2. The van der Waals surface area contributed by atoms with E-state index >= 15 is 0 Å². The van der Waals surface area contributed by atoms with Crippen LogP contribution in [0.2, 0.25) is 0 Å². The van der Waals surface area contributed by atoms with Crippen LogP contribution in [0.3, 0.4) is 0 Å². The number of rotatable bonds is 0. The smallest absolute Gasteiger partial charge is 0.205 e. The molecule has 2 heterocycles. The highest BCUT2D eigenvalue weighted by atomic mass is 16.6. The molecular formula is C20H24O5. The van der Waals surface area contributed by atoms with Gasteiger partial charge in [-0.05, 0) is 48.2 Å². The van der Waals surface area contributed by atoms with Crippen LogP contribution in [-0.4, -0.2) is 40.3 Å². The third kappa shape index (κ3) is 1.36. The van der Waals surface area contributed by atoms with Crippen LogP contribution in [0.4, 0.5) is 0 Å². The molecule has 0 aromatic rings. The lowest BCUT2D eigenvalue weighted by molar-refractivity contribution is -0.422. The molecule has 0 radical (unpaired) electrons. The number of Topliss-reactive ketones (excluding diaryl/α,β-unsaturated/α-hetero) is 1. The van der Waals surface area contributed by atoms with Crippen molar-refractivity contribution < 1.29 is 24.5 Å². The maximum atomic E-state index is 13.2. The Balaban J connectivity index is 1.82. The van der Waals surface area contributed by atoms with Gasteiger partial charge in [-0.15, -0.1) is 0 Å². The molecule has 0 aromatic carbocycles. The van der Waals surface area contributed by atoms with E-state index in [0.717, 1.165) is 6.42 Å². The fraction of sp³-hybridized carbons (Fsp3) is 0.700. The number of carbonyl (C=O) groups excluding carboxylic acids is 2. The first-order chi connectivity index (χ1) is 11.6. The Kier molecular flexibility index (Phi) is 2.65. The SMILES string of the molecule is C=C1C(=O)C23CC1CC[C@H]2[C@@]12CO[C@@]3(O)[C@@H](O)C1C(C)(C)C=CC2=O. The Morgan fingerprint density at radius 1 is 1.28 bits per heavy atom. The fourth-order valence-corrected chi connectivity index (χ4v) is 7.16. The van der Waals surface area contributed by atoms with Gasteiger partial charge in [0.05, 0.1) is 17.4 Å². The summed E-state index contributed by atoms with van der Waals surface area (Å²) >= 11 is 0. The summed E-state index contributed by atoms with van der Waals surface area (Å²) in [6, 6.07) is 0. The summed E-state index contributed by atoms with van der Waals surface area (Å²) in [5.41, 5.74) is -2.14. The van der Waals surface area contributed by atoms with Crippen molar-refractivity contribution >= 4 is 11.6 Å². The van der Waals surface area contributed by atoms with Gasteiger partial charge >= 0.3 is 0 Å². The van der Waals surface area contributed by atoms with Crippen LogP contribution in [-0.2, 0) is 14.3 Å². The first-order valence-corrected chi connectivity index (χ1v) is 9.14. The van der Waals surface area contributed by atoms with Crippen LogP contribution in [0, 0.1) is 34.0 Å². The predicted octanol–water partition coefficient (Wildman–Crippen LogP) is 1.39. The molecule has 5 heteroatoms. The van der Waals surface area contributed by atoms with Crippen molar-refractivity contribution in [3.63, 3.8) is 0 Å². The van der Waals surface area contributed by atoms with Crippen molar-refractivity contribution in [2.75, 3.05) is 6.61 Å². The minimum Gasteiger partial charge on any atom is -0.387 e. The van der Waals surface area contributed by atoms with Crippen molar-refractivity contribution in [2.24, 2.45) is 34.0 Å². The zero-order chi connectivity index (χ0) is 18.0. The maximum Gasteiger partial charge on any atom is 0.205 e. The molecular weight excluding hydrogens is 320 g/mol. The third-order valence-electron chi connectivity index (χ3n) is 8.14. The lowest BCUT2D eigenvalue weighted by Crippen LogP contribution is -2.82. The molecule has 5 nitrogen and oxygen atoms in total. The van der Waals surface area contributed by atoms with Crippen LogP contribution >= 0.6 is 0 Å². The normalized spacial score (nSPS) is 55.3. The average molecular weight is 344 g/mol. The average Bonchev–Trinajstić information content (AvgIpc) is 2.75. The summed E-state index contributed by atoms with van der Waals surface area (Å²) in [4.78, 5) is 26.4. The Bertz CT molecular complexity index is 766. The molecule has 2 spiro atoms. The molecule has 3 unspecified atom stereocenters. The van der Waals surface area contributed by atoms with E-state index in [4.69, 9.17) is 4.74 Å². The number of carbonyl (C=O) groups is 2. The summed E-state index contributed by atoms with van der Waals surface area (Å²) in [6.07, 6.45) is 4.04. The van der Waals surface area contributed by atoms with Crippen LogP contribution in [0.5, 0.6) is 0 Å². The number of allylic oxidation sites excluding steroid dienone is 3. The lowest BCUT2D eigenvalue weighted by atomic mass is 9.37. The standard InChI is InChI=1S/C20H24O5/c1-10-11-4-5-12-18-9-25-20(24,19(12,8-11)15(10)22)16(23)14(18)17(2,3)7-6-13(18)21/h6-7,11-12,14,16,23-24H,1,4-5,8-9H2,2-3H3/t11?,12-,14?,16-,18+,19?,20-/m0/s1. The van der Waals surface area contributed by atoms with Gasteiger partial charge in [-0.1, -0.05) is 26.5 Å². The second-order valence-electron chi connectivity index (χ2n) is 9.32. The monoisotopic (exact) mass is 344 g/mol. The quantitative estimate of drug-likeness (QED) is 0.649. The van der Waals surface area contributed by atoms with Crippen molar-refractivity contribution in [1.82, 2.24) is 0 Å². The van der Waals surface area contributed by atoms with Crippen LogP contribution in [0.25, 0.3) is 0 Å². The van der Waals surface area contributed by atoms with E-state index in [1.807, 2.05) is 19.9 Å². The molecule has 6 aliphatic rings. The van der Waals surface area contributed by atoms with Gasteiger partial charge in [-0.2, -0.15) is 0 Å². The molecule has 3 saturated carbocycles. The fourth-order valence-electron chi connectivity index (χ4n) is 7.16. The largest absolute Gasteiger partial charge is 0.387 e. The van der Waals surface area contributed by atoms with E-state index in [-0.39, 0.29) is 30.0 Å². The van der Waals surface area contributed by atoms with Crippen molar-refractivity contribution in [3.05, 3.63) is 24.3 Å². The van der Waals surface area contributed by atoms with Crippen LogP contribution < -0.4 is 0 Å². The Hall–Kier alpha value is -1.30. The van der Waals surface area contributed by atoms with Crippen LogP contribution in [0.1, 0.15) is 33.1 Å². The first kappa shape index (κ1) is 15.9. The highest BCUT2D eigenvalue weighted by Crippen LogP contribution is 2.75. The Morgan fingerprint density at radius 2 is 2.00 bits per heavy atom. The minimum atomic E-state index is -1.94. The van der Waals surface area contributed by atoms with Gasteiger partial charge in [0.1, 0.15) is 6.10 Å². The second kappa shape index (κ2) is 4.16. The lowest BCUT2D eigenvalue weighted by Gasteiger charge is -2.71. The van der Waals surface area contributed by atoms with Gasteiger partial charge in [-0.3, -0.25) is 9.59 Å². The van der Waals surface area contributed by atoms with E-state index in [0.29, 0.717) is 18.4 Å². The summed E-state index contributed by atoms with van der Waals surface area (Å²) in [5, 5.41) is 22.7. The molecule has 4 aliphatic carbocycles. The molecule has 6 rings (SSSR count). The van der Waals surface area contributed by atoms with Gasteiger partial charge in [-0.25, -0.2) is 0 Å². The molecule has 7 atom stereocenters. The van der Waals surface area contributed by atoms with E-state index in [2.05, 4.69) is 6.58 Å². The molecule has 4 bridgehead atoms. The second-order valence-corrected chi connectivity index (χ2v) is 9.32. The molecule has 134 valence electrons.